The van der Waals surface area contributed by atoms with Crippen LogP contribution in [0.25, 0.3) is 0 Å². The normalized spacial score (nSPS) is 23.7. The van der Waals surface area contributed by atoms with Crippen molar-refractivity contribution in [2.24, 2.45) is 17.3 Å². The van der Waals surface area contributed by atoms with Crippen LogP contribution in [0.5, 0.6) is 0 Å². The van der Waals surface area contributed by atoms with Crippen LogP contribution < -0.4 is 0 Å². The molecule has 2 atom stereocenters. The van der Waals surface area contributed by atoms with E-state index in [1.54, 1.807) is 12.1 Å². The highest BCUT2D eigenvalue weighted by Crippen LogP contribution is 2.42. The Kier molecular flexibility index (Phi) is 7.89. The quantitative estimate of drug-likeness (QED) is 0.523. The van der Waals surface area contributed by atoms with E-state index in [4.69, 9.17) is 0 Å². The van der Waals surface area contributed by atoms with Crippen molar-refractivity contribution in [3.63, 3.8) is 0 Å². The Bertz CT molecular complexity index is 1280. The highest BCUT2D eigenvalue weighted by molar-refractivity contribution is 7.90. The van der Waals surface area contributed by atoms with Gasteiger partial charge >= 0.3 is 0 Å². The molecular weight excluding hydrogens is 510 g/mol. The summed E-state index contributed by atoms with van der Waals surface area (Å²) in [5, 5.41) is 0. The molecule has 3 aliphatic rings. The number of carbonyl (C=O) groups is 2. The zero-order chi connectivity index (χ0) is 27.8. The van der Waals surface area contributed by atoms with Crippen LogP contribution in [0.1, 0.15) is 50.2 Å². The van der Waals surface area contributed by atoms with Crippen LogP contribution in [0.2, 0.25) is 0 Å². The molecule has 3 saturated heterocycles. The van der Waals surface area contributed by atoms with Crippen molar-refractivity contribution >= 4 is 21.7 Å². The molecule has 2 unspecified atom stereocenters. The van der Waals surface area contributed by atoms with Gasteiger partial charge in [-0.3, -0.25) is 9.59 Å². The zero-order valence-electron chi connectivity index (χ0n) is 23.4. The Balaban J connectivity index is 1.19. The van der Waals surface area contributed by atoms with E-state index < -0.39 is 9.84 Å². The lowest BCUT2D eigenvalue weighted by Crippen LogP contribution is -2.44. The van der Waals surface area contributed by atoms with Crippen molar-refractivity contribution in [2.45, 2.75) is 50.5 Å². The van der Waals surface area contributed by atoms with E-state index in [0.29, 0.717) is 29.7 Å². The number of likely N-dealkylation sites (tertiary alicyclic amines) is 3. The average molecular weight is 552 g/mol. The molecule has 1 spiro atoms. The number of hydrogen-bond acceptors (Lipinski definition) is 5. The Morgan fingerprint density at radius 2 is 1.67 bits per heavy atom. The molecule has 2 aromatic carbocycles. The number of piperidine rings is 1. The van der Waals surface area contributed by atoms with Gasteiger partial charge in [0.05, 0.1) is 4.90 Å². The zero-order valence-corrected chi connectivity index (χ0v) is 24.2. The highest BCUT2D eigenvalue weighted by atomic mass is 32.2. The van der Waals surface area contributed by atoms with E-state index in [-0.39, 0.29) is 23.1 Å². The molecule has 39 heavy (non-hydrogen) atoms. The standard InChI is InChI=1S/C31H41N3O4S/c1-23(2)30(36)33-20-26(28(21-33)25-7-5-4-6-8-25)19-32-15-13-31(14-16-32)17-29(35)34(22-31)18-24-9-11-27(12-10-24)39(3,37)38/h4-12,23,26,28H,13-22H2,1-3H3. The second kappa shape index (κ2) is 11.0. The molecule has 0 bridgehead atoms. The third kappa shape index (κ3) is 6.22. The van der Waals surface area contributed by atoms with E-state index in [1.807, 2.05) is 36.9 Å². The van der Waals surface area contributed by atoms with Gasteiger partial charge in [-0.05, 0) is 60.5 Å². The molecule has 0 radical (unpaired) electrons. The second-order valence-electron chi connectivity index (χ2n) is 12.3. The van der Waals surface area contributed by atoms with Crippen molar-refractivity contribution in [3.05, 3.63) is 65.7 Å². The van der Waals surface area contributed by atoms with Crippen molar-refractivity contribution < 1.29 is 18.0 Å². The molecule has 210 valence electrons. The van der Waals surface area contributed by atoms with Gasteiger partial charge in [-0.1, -0.05) is 56.3 Å². The monoisotopic (exact) mass is 551 g/mol. The minimum absolute atomic E-state index is 0.00971. The lowest BCUT2D eigenvalue weighted by atomic mass is 9.77. The molecule has 5 rings (SSSR count). The van der Waals surface area contributed by atoms with Gasteiger partial charge in [-0.15, -0.1) is 0 Å². The predicted molar refractivity (Wildman–Crippen MR) is 152 cm³/mol. The maximum Gasteiger partial charge on any atom is 0.225 e. The fraction of sp³-hybridized carbons (Fsp3) is 0.548. The summed E-state index contributed by atoms with van der Waals surface area (Å²) in [4.78, 5) is 32.7. The van der Waals surface area contributed by atoms with Crippen LogP contribution in [0.15, 0.2) is 59.5 Å². The fourth-order valence-electron chi connectivity index (χ4n) is 6.74. The van der Waals surface area contributed by atoms with E-state index in [9.17, 15) is 18.0 Å². The van der Waals surface area contributed by atoms with Gasteiger partial charge < -0.3 is 14.7 Å². The molecule has 3 aliphatic heterocycles. The average Bonchev–Trinajstić information content (AvgIpc) is 3.46. The number of benzene rings is 2. The fourth-order valence-corrected chi connectivity index (χ4v) is 7.37. The van der Waals surface area contributed by atoms with Gasteiger partial charge in [-0.25, -0.2) is 8.42 Å². The van der Waals surface area contributed by atoms with Gasteiger partial charge in [-0.2, -0.15) is 0 Å². The van der Waals surface area contributed by atoms with Crippen molar-refractivity contribution in [1.29, 1.82) is 0 Å². The van der Waals surface area contributed by atoms with Crippen LogP contribution >= 0.6 is 0 Å². The maximum atomic E-state index is 13.0. The molecule has 7 nitrogen and oxygen atoms in total. The third-order valence-electron chi connectivity index (χ3n) is 9.01. The van der Waals surface area contributed by atoms with Crippen molar-refractivity contribution in [1.82, 2.24) is 14.7 Å². The van der Waals surface area contributed by atoms with Crippen LogP contribution in [0.3, 0.4) is 0 Å². The number of hydrogen-bond donors (Lipinski definition) is 0. The van der Waals surface area contributed by atoms with Crippen LogP contribution in [0, 0.1) is 17.3 Å². The van der Waals surface area contributed by atoms with Gasteiger partial charge in [0.15, 0.2) is 9.84 Å². The molecule has 8 heteroatoms. The summed E-state index contributed by atoms with van der Waals surface area (Å²) < 4.78 is 23.5. The number of sulfone groups is 1. The van der Waals surface area contributed by atoms with Crippen LogP contribution in [-0.2, 0) is 26.0 Å². The molecule has 3 heterocycles. The minimum Gasteiger partial charge on any atom is -0.342 e. The summed E-state index contributed by atoms with van der Waals surface area (Å²) >= 11 is 0. The minimum atomic E-state index is -3.23. The number of nitrogens with zero attached hydrogens (tertiary/aromatic N) is 3. The Labute approximate surface area is 233 Å². The molecular formula is C31H41N3O4S. The SMILES string of the molecule is CC(C)C(=O)N1CC(CN2CCC3(CC2)CC(=O)N(Cc2ccc(S(C)(=O)=O)cc2)C3)C(c2ccccc2)C1. The summed E-state index contributed by atoms with van der Waals surface area (Å²) in [6.45, 7) is 9.76. The Morgan fingerprint density at radius 3 is 2.28 bits per heavy atom. The predicted octanol–water partition coefficient (Wildman–Crippen LogP) is 3.80. The summed E-state index contributed by atoms with van der Waals surface area (Å²) in [6, 6.07) is 17.5. The number of carbonyl (C=O) groups excluding carboxylic acids is 2. The van der Waals surface area contributed by atoms with E-state index in [2.05, 4.69) is 34.1 Å². The maximum absolute atomic E-state index is 13.0. The Hall–Kier alpha value is -2.71. The van der Waals surface area contributed by atoms with E-state index in [0.717, 1.165) is 57.7 Å². The molecule has 0 aromatic heterocycles. The second-order valence-corrected chi connectivity index (χ2v) is 14.3. The van der Waals surface area contributed by atoms with E-state index in [1.165, 1.54) is 11.8 Å². The van der Waals surface area contributed by atoms with Crippen LogP contribution in [-0.4, -0.2) is 80.5 Å². The largest absolute Gasteiger partial charge is 0.342 e. The smallest absolute Gasteiger partial charge is 0.225 e. The first-order chi connectivity index (χ1) is 18.5. The molecule has 0 N–H and O–H groups in total. The Morgan fingerprint density at radius 1 is 1.00 bits per heavy atom. The first-order valence-electron chi connectivity index (χ1n) is 14.2. The lowest BCUT2D eigenvalue weighted by molar-refractivity contribution is -0.133. The first kappa shape index (κ1) is 27.8. The summed E-state index contributed by atoms with van der Waals surface area (Å²) in [7, 11) is -3.23. The van der Waals surface area contributed by atoms with Gasteiger partial charge in [0.1, 0.15) is 0 Å². The molecule has 3 fully saturated rings. The topological polar surface area (TPSA) is 78.0 Å². The highest BCUT2D eigenvalue weighted by Gasteiger charge is 2.45. The number of rotatable bonds is 7. The van der Waals surface area contributed by atoms with Gasteiger partial charge in [0.2, 0.25) is 11.8 Å². The van der Waals surface area contributed by atoms with E-state index >= 15 is 0 Å². The molecule has 0 saturated carbocycles. The lowest BCUT2D eigenvalue weighted by Gasteiger charge is -2.40. The molecule has 2 amide bonds. The third-order valence-corrected chi connectivity index (χ3v) is 10.1. The van der Waals surface area contributed by atoms with Crippen molar-refractivity contribution in [3.8, 4) is 0 Å². The molecule has 2 aromatic rings. The van der Waals surface area contributed by atoms with Gasteiger partial charge in [0.25, 0.3) is 0 Å². The van der Waals surface area contributed by atoms with Crippen molar-refractivity contribution in [2.75, 3.05) is 45.5 Å². The number of amides is 2. The first-order valence-corrected chi connectivity index (χ1v) is 16.0. The summed E-state index contributed by atoms with van der Waals surface area (Å²) in [6.07, 6.45) is 3.80. The van der Waals surface area contributed by atoms with Crippen LogP contribution in [0.4, 0.5) is 0 Å². The summed E-state index contributed by atoms with van der Waals surface area (Å²) in [5.74, 6) is 1.20. The molecule has 0 aliphatic carbocycles. The van der Waals surface area contributed by atoms with Gasteiger partial charge in [0, 0.05) is 57.2 Å². The summed E-state index contributed by atoms with van der Waals surface area (Å²) in [5.41, 5.74) is 2.30.